The number of aryl methyl sites for hydroxylation is 1. The van der Waals surface area contributed by atoms with Gasteiger partial charge in [0.2, 0.25) is 5.13 Å². The molecule has 0 radical (unpaired) electrons. The van der Waals surface area contributed by atoms with Gasteiger partial charge in [-0.05, 0) is 36.8 Å². The van der Waals surface area contributed by atoms with Crippen LogP contribution in [0.3, 0.4) is 0 Å². The summed E-state index contributed by atoms with van der Waals surface area (Å²) in [7, 11) is -3.90. The van der Waals surface area contributed by atoms with E-state index < -0.39 is 22.0 Å². The highest BCUT2D eigenvalue weighted by atomic mass is 32.2. The molecule has 0 saturated heterocycles. The molecule has 0 spiro atoms. The van der Waals surface area contributed by atoms with E-state index in [4.69, 9.17) is 4.74 Å². The van der Waals surface area contributed by atoms with Gasteiger partial charge in [-0.2, -0.15) is 0 Å². The number of carbonyl (C=O) groups excluding carboxylic acids is 1. The number of aromatic nitrogens is 2. The highest BCUT2D eigenvalue weighted by molar-refractivity contribution is 8.01. The van der Waals surface area contributed by atoms with Crippen molar-refractivity contribution in [1.82, 2.24) is 10.2 Å². The van der Waals surface area contributed by atoms with Crippen LogP contribution in [0.25, 0.3) is 0 Å². The van der Waals surface area contributed by atoms with E-state index in [1.54, 1.807) is 42.1 Å². The minimum atomic E-state index is -3.90. The molecule has 0 bridgehead atoms. The molecule has 0 aliphatic carbocycles. The number of ether oxygens (including phenoxy) is 1. The van der Waals surface area contributed by atoms with Crippen LogP contribution in [-0.4, -0.2) is 42.4 Å². The molecule has 1 unspecified atom stereocenters. The van der Waals surface area contributed by atoms with Crippen LogP contribution in [-0.2, 0) is 14.8 Å². The lowest BCUT2D eigenvalue weighted by molar-refractivity contribution is -0.122. The number of nitrogens with zero attached hydrogens (tertiary/aromatic N) is 3. The normalized spacial score (nSPS) is 15.9. The Bertz CT molecular complexity index is 1230. The molecule has 8 nitrogen and oxygen atoms in total. The van der Waals surface area contributed by atoms with Gasteiger partial charge in [-0.3, -0.25) is 14.4 Å². The molecule has 32 heavy (non-hydrogen) atoms. The Morgan fingerprint density at radius 3 is 2.69 bits per heavy atom. The molecule has 1 aromatic heterocycles. The fraction of sp³-hybridized carbons (Fsp3) is 0.286. The lowest BCUT2D eigenvalue weighted by Gasteiger charge is -2.34. The maximum absolute atomic E-state index is 13.4. The predicted octanol–water partition coefficient (Wildman–Crippen LogP) is 3.94. The van der Waals surface area contributed by atoms with Crippen LogP contribution in [0, 0.1) is 6.92 Å². The second-order valence-corrected chi connectivity index (χ2v) is 12.1. The summed E-state index contributed by atoms with van der Waals surface area (Å²) in [6.45, 7) is 5.79. The zero-order valence-electron chi connectivity index (χ0n) is 17.7. The highest BCUT2D eigenvalue weighted by Crippen LogP contribution is 2.38. The van der Waals surface area contributed by atoms with E-state index in [9.17, 15) is 13.2 Å². The van der Waals surface area contributed by atoms with E-state index in [1.165, 1.54) is 27.8 Å². The summed E-state index contributed by atoms with van der Waals surface area (Å²) in [5.41, 5.74) is 1.29. The van der Waals surface area contributed by atoms with Crippen LogP contribution in [0.1, 0.15) is 19.4 Å². The zero-order chi connectivity index (χ0) is 22.9. The quantitative estimate of drug-likeness (QED) is 0.412. The number of fused-ring (bicyclic) bond motifs is 1. The van der Waals surface area contributed by atoms with Crippen molar-refractivity contribution in [3.8, 4) is 5.75 Å². The second-order valence-electron chi connectivity index (χ2n) is 7.46. The van der Waals surface area contributed by atoms with Gasteiger partial charge >= 0.3 is 0 Å². The molecule has 0 saturated carbocycles. The summed E-state index contributed by atoms with van der Waals surface area (Å²) in [4.78, 5) is 13.1. The number of hydrogen-bond acceptors (Lipinski definition) is 8. The summed E-state index contributed by atoms with van der Waals surface area (Å²) in [5, 5.41) is 11.5. The third-order valence-corrected chi connectivity index (χ3v) is 8.30. The number of thioether (sulfide) groups is 1. The summed E-state index contributed by atoms with van der Waals surface area (Å²) < 4.78 is 34.7. The molecule has 3 aromatic rings. The molecule has 2 aromatic carbocycles. The van der Waals surface area contributed by atoms with Crippen LogP contribution in [0.5, 0.6) is 5.75 Å². The van der Waals surface area contributed by atoms with Gasteiger partial charge < -0.3 is 4.74 Å². The Morgan fingerprint density at radius 2 is 1.97 bits per heavy atom. The third-order valence-electron chi connectivity index (χ3n) is 4.58. The number of benzene rings is 2. The molecule has 168 valence electrons. The van der Waals surface area contributed by atoms with Crippen LogP contribution in [0.2, 0.25) is 0 Å². The fourth-order valence-corrected chi connectivity index (χ4v) is 6.61. The molecule has 11 heteroatoms. The number of nitrogens with one attached hydrogen (secondary N) is 1. The van der Waals surface area contributed by atoms with Crippen molar-refractivity contribution in [2.75, 3.05) is 16.2 Å². The lowest BCUT2D eigenvalue weighted by atomic mass is 10.1. The summed E-state index contributed by atoms with van der Waals surface area (Å²) >= 11 is 2.82. The van der Waals surface area contributed by atoms with Crippen molar-refractivity contribution in [3.05, 3.63) is 54.1 Å². The number of amides is 1. The number of sulfonamides is 1. The Morgan fingerprint density at radius 1 is 1.22 bits per heavy atom. The minimum absolute atomic E-state index is 0.146. The standard InChI is InChI=1S/C21H22N4O4S3/c1-13(2)30-21-24-23-20(31-21)22-19(26)18-12-25(16-11-14(3)9-10-17(16)29-18)32(27,28)15-7-5-4-6-8-15/h4-11,13,18H,12H2,1-3H3,(H,22,23,26). The zero-order valence-corrected chi connectivity index (χ0v) is 20.1. The Balaban J connectivity index is 1.62. The predicted molar refractivity (Wildman–Crippen MR) is 126 cm³/mol. The largest absolute Gasteiger partial charge is 0.476 e. The van der Waals surface area contributed by atoms with Crippen LogP contribution < -0.4 is 14.4 Å². The van der Waals surface area contributed by atoms with Crippen molar-refractivity contribution in [2.24, 2.45) is 0 Å². The Kier molecular flexibility index (Phi) is 6.40. The van der Waals surface area contributed by atoms with Crippen molar-refractivity contribution in [1.29, 1.82) is 0 Å². The van der Waals surface area contributed by atoms with E-state index in [1.807, 2.05) is 26.8 Å². The molecule has 1 amide bonds. The number of rotatable bonds is 6. The van der Waals surface area contributed by atoms with Crippen molar-refractivity contribution in [3.63, 3.8) is 0 Å². The lowest BCUT2D eigenvalue weighted by Crippen LogP contribution is -2.48. The molecular weight excluding hydrogens is 468 g/mol. The minimum Gasteiger partial charge on any atom is -0.476 e. The summed E-state index contributed by atoms with van der Waals surface area (Å²) in [6.07, 6.45) is -1.05. The fourth-order valence-electron chi connectivity index (χ4n) is 3.14. The first kappa shape index (κ1) is 22.6. The SMILES string of the molecule is Cc1ccc2c(c1)N(S(=O)(=O)c1ccccc1)CC(C(=O)Nc1nnc(SC(C)C)s1)O2. The van der Waals surface area contributed by atoms with Crippen molar-refractivity contribution < 1.29 is 17.9 Å². The van der Waals surface area contributed by atoms with Crippen LogP contribution in [0.4, 0.5) is 10.8 Å². The molecule has 0 fully saturated rings. The first-order valence-electron chi connectivity index (χ1n) is 9.90. The van der Waals surface area contributed by atoms with Gasteiger partial charge in [0.15, 0.2) is 10.4 Å². The number of hydrogen-bond donors (Lipinski definition) is 1. The molecule has 1 N–H and O–H groups in total. The molecule has 4 rings (SSSR count). The monoisotopic (exact) mass is 490 g/mol. The van der Waals surface area contributed by atoms with E-state index in [0.29, 0.717) is 21.8 Å². The number of anilines is 2. The third kappa shape index (κ3) is 4.74. The van der Waals surface area contributed by atoms with Gasteiger partial charge in [-0.15, -0.1) is 10.2 Å². The smallest absolute Gasteiger partial charge is 0.269 e. The molecule has 2 heterocycles. The Hall–Kier alpha value is -2.63. The van der Waals surface area contributed by atoms with Gasteiger partial charge in [0.1, 0.15) is 5.75 Å². The highest BCUT2D eigenvalue weighted by Gasteiger charge is 2.38. The van der Waals surface area contributed by atoms with Gasteiger partial charge in [0.05, 0.1) is 17.1 Å². The second kappa shape index (κ2) is 9.08. The summed E-state index contributed by atoms with van der Waals surface area (Å²) in [5.74, 6) is -0.156. The van der Waals surface area contributed by atoms with E-state index in [0.717, 1.165) is 9.90 Å². The van der Waals surface area contributed by atoms with Crippen molar-refractivity contribution in [2.45, 2.75) is 41.4 Å². The van der Waals surface area contributed by atoms with Crippen LogP contribution >= 0.6 is 23.1 Å². The molecular formula is C21H22N4O4S3. The first-order valence-corrected chi connectivity index (χ1v) is 13.0. The van der Waals surface area contributed by atoms with E-state index in [-0.39, 0.29) is 11.4 Å². The van der Waals surface area contributed by atoms with Crippen molar-refractivity contribution >= 4 is 49.8 Å². The van der Waals surface area contributed by atoms with E-state index >= 15 is 0 Å². The molecule has 1 aliphatic heterocycles. The van der Waals surface area contributed by atoms with Gasteiger partial charge in [0, 0.05) is 5.25 Å². The van der Waals surface area contributed by atoms with Gasteiger partial charge in [0.25, 0.3) is 15.9 Å². The average molecular weight is 491 g/mol. The average Bonchev–Trinajstić information content (AvgIpc) is 3.19. The first-order chi connectivity index (χ1) is 15.2. The summed E-state index contributed by atoms with van der Waals surface area (Å²) in [6, 6.07) is 13.4. The topological polar surface area (TPSA) is 101 Å². The number of carbonyl (C=O) groups is 1. The van der Waals surface area contributed by atoms with Crippen LogP contribution in [0.15, 0.2) is 57.8 Å². The van der Waals surface area contributed by atoms with Gasteiger partial charge in [-0.25, -0.2) is 8.42 Å². The maximum atomic E-state index is 13.4. The molecule has 1 atom stereocenters. The molecule has 1 aliphatic rings. The van der Waals surface area contributed by atoms with Gasteiger partial charge in [-0.1, -0.05) is 61.2 Å². The van der Waals surface area contributed by atoms with E-state index in [2.05, 4.69) is 15.5 Å². The Labute approximate surface area is 195 Å². The maximum Gasteiger partial charge on any atom is 0.269 e.